The predicted octanol–water partition coefficient (Wildman–Crippen LogP) is 1.60. The molecule has 0 spiro atoms. The van der Waals surface area contributed by atoms with Gasteiger partial charge in [0.2, 0.25) is 5.91 Å². The molecule has 1 aromatic heterocycles. The molecule has 0 saturated heterocycles. The lowest BCUT2D eigenvalue weighted by Crippen LogP contribution is -2.13. The number of nitrogens with two attached hydrogens (primary N) is 1. The minimum Gasteiger partial charge on any atom is -0.366 e. The van der Waals surface area contributed by atoms with Crippen molar-refractivity contribution in [2.45, 2.75) is 6.18 Å². The van der Waals surface area contributed by atoms with E-state index in [1.165, 1.54) is 6.07 Å². The van der Waals surface area contributed by atoms with Crippen molar-refractivity contribution in [3.63, 3.8) is 0 Å². The van der Waals surface area contributed by atoms with Crippen molar-refractivity contribution in [1.29, 1.82) is 0 Å². The molecule has 1 amide bonds. The Morgan fingerprint density at radius 2 is 2.07 bits per heavy atom. The average Bonchev–Trinajstić information content (AvgIpc) is 2.15. The summed E-state index contributed by atoms with van der Waals surface area (Å²) in [5, 5.41) is 0. The number of rotatable bonds is 2. The molecule has 6 heteroatoms. The quantitative estimate of drug-likeness (QED) is 0.763. The fourth-order valence-electron chi connectivity index (χ4n) is 0.916. The Balaban J connectivity index is 3.14. The van der Waals surface area contributed by atoms with Crippen LogP contribution in [0.4, 0.5) is 13.2 Å². The number of hydrogen-bond donors (Lipinski definition) is 1. The van der Waals surface area contributed by atoms with Gasteiger partial charge in [-0.1, -0.05) is 6.58 Å². The van der Waals surface area contributed by atoms with Crippen LogP contribution in [0.3, 0.4) is 0 Å². The smallest absolute Gasteiger partial charge is 0.366 e. The first-order valence-electron chi connectivity index (χ1n) is 3.84. The van der Waals surface area contributed by atoms with Crippen molar-refractivity contribution in [1.82, 2.24) is 4.98 Å². The van der Waals surface area contributed by atoms with Crippen LogP contribution in [0.25, 0.3) is 5.57 Å². The van der Waals surface area contributed by atoms with Crippen molar-refractivity contribution in [3.05, 3.63) is 36.2 Å². The third kappa shape index (κ3) is 2.55. The lowest BCUT2D eigenvalue weighted by molar-refractivity contribution is -0.141. The largest absolute Gasteiger partial charge is 0.433 e. The second kappa shape index (κ2) is 3.72. The van der Waals surface area contributed by atoms with Crippen LogP contribution in [0, 0.1) is 0 Å². The zero-order chi connectivity index (χ0) is 11.6. The summed E-state index contributed by atoms with van der Waals surface area (Å²) < 4.78 is 36.7. The Hall–Kier alpha value is -1.85. The van der Waals surface area contributed by atoms with E-state index < -0.39 is 17.8 Å². The van der Waals surface area contributed by atoms with Gasteiger partial charge in [0.15, 0.2) is 0 Å². The molecule has 1 aromatic rings. The fourth-order valence-corrected chi connectivity index (χ4v) is 0.916. The number of nitrogens with zero attached hydrogens (tertiary/aromatic N) is 1. The van der Waals surface area contributed by atoms with Crippen LogP contribution in [-0.2, 0) is 11.0 Å². The number of amides is 1. The van der Waals surface area contributed by atoms with Gasteiger partial charge < -0.3 is 5.73 Å². The number of aromatic nitrogens is 1. The highest BCUT2D eigenvalue weighted by Gasteiger charge is 2.32. The number of carbonyl (C=O) groups is 1. The zero-order valence-electron chi connectivity index (χ0n) is 7.51. The first-order chi connectivity index (χ1) is 6.82. The van der Waals surface area contributed by atoms with Gasteiger partial charge in [0.1, 0.15) is 5.69 Å². The second-order valence-electron chi connectivity index (χ2n) is 2.77. The standard InChI is InChI=1S/C9H7F3N2O/c1-5(8(13)15)6-2-3-14-7(4-6)9(10,11)12/h2-4H,1H2,(H2,13,15). The van der Waals surface area contributed by atoms with Gasteiger partial charge in [0.25, 0.3) is 0 Å². The molecule has 0 radical (unpaired) electrons. The zero-order valence-corrected chi connectivity index (χ0v) is 7.51. The Labute approximate surface area is 83.4 Å². The molecule has 0 aliphatic carbocycles. The van der Waals surface area contributed by atoms with Crippen LogP contribution in [0.2, 0.25) is 0 Å². The van der Waals surface area contributed by atoms with Crippen LogP contribution >= 0.6 is 0 Å². The molecule has 15 heavy (non-hydrogen) atoms. The van der Waals surface area contributed by atoms with Crippen molar-refractivity contribution >= 4 is 11.5 Å². The monoisotopic (exact) mass is 216 g/mol. The van der Waals surface area contributed by atoms with E-state index in [4.69, 9.17) is 5.73 Å². The van der Waals surface area contributed by atoms with E-state index in [0.29, 0.717) is 0 Å². The topological polar surface area (TPSA) is 56.0 Å². The highest BCUT2D eigenvalue weighted by molar-refractivity contribution is 6.17. The van der Waals surface area contributed by atoms with Gasteiger partial charge >= 0.3 is 6.18 Å². The van der Waals surface area contributed by atoms with E-state index in [2.05, 4.69) is 11.6 Å². The highest BCUT2D eigenvalue weighted by atomic mass is 19.4. The van der Waals surface area contributed by atoms with E-state index in [-0.39, 0.29) is 11.1 Å². The predicted molar refractivity (Wildman–Crippen MR) is 47.5 cm³/mol. The van der Waals surface area contributed by atoms with Crippen molar-refractivity contribution in [2.75, 3.05) is 0 Å². The molecule has 2 N–H and O–H groups in total. The highest BCUT2D eigenvalue weighted by Crippen LogP contribution is 2.28. The molecule has 0 saturated carbocycles. The lowest BCUT2D eigenvalue weighted by Gasteiger charge is -2.07. The normalized spacial score (nSPS) is 11.1. The van der Waals surface area contributed by atoms with Gasteiger partial charge in [-0.25, -0.2) is 0 Å². The van der Waals surface area contributed by atoms with Crippen LogP contribution in [0.5, 0.6) is 0 Å². The number of primary amides is 1. The van der Waals surface area contributed by atoms with Gasteiger partial charge in [-0.05, 0) is 17.7 Å². The molecule has 0 unspecified atom stereocenters. The Bertz CT molecular complexity index is 412. The molecule has 80 valence electrons. The summed E-state index contributed by atoms with van der Waals surface area (Å²) in [7, 11) is 0. The summed E-state index contributed by atoms with van der Waals surface area (Å²) in [5.74, 6) is -0.866. The minimum atomic E-state index is -4.55. The summed E-state index contributed by atoms with van der Waals surface area (Å²) in [6.45, 7) is 3.28. The van der Waals surface area contributed by atoms with E-state index in [0.717, 1.165) is 12.3 Å². The van der Waals surface area contributed by atoms with Gasteiger partial charge in [0.05, 0.1) is 0 Å². The minimum absolute atomic E-state index is 0.0184. The SMILES string of the molecule is C=C(C(N)=O)c1ccnc(C(F)(F)F)c1. The van der Waals surface area contributed by atoms with E-state index in [1.807, 2.05) is 0 Å². The Morgan fingerprint density at radius 1 is 1.47 bits per heavy atom. The van der Waals surface area contributed by atoms with Crippen LogP contribution < -0.4 is 5.73 Å². The number of alkyl halides is 3. The molecule has 0 atom stereocenters. The Morgan fingerprint density at radius 3 is 2.53 bits per heavy atom. The third-order valence-electron chi connectivity index (χ3n) is 1.70. The summed E-state index contributed by atoms with van der Waals surface area (Å²) in [5.41, 5.74) is 3.65. The number of hydrogen-bond acceptors (Lipinski definition) is 2. The number of pyridine rings is 1. The molecule has 0 aliphatic heterocycles. The van der Waals surface area contributed by atoms with E-state index >= 15 is 0 Å². The average molecular weight is 216 g/mol. The molecular weight excluding hydrogens is 209 g/mol. The van der Waals surface area contributed by atoms with Crippen molar-refractivity contribution in [2.24, 2.45) is 5.73 Å². The summed E-state index contributed by atoms with van der Waals surface area (Å²) in [6, 6.07) is 1.97. The molecular formula is C9H7F3N2O. The number of halogens is 3. The molecule has 0 fully saturated rings. The molecule has 1 rings (SSSR count). The second-order valence-corrected chi connectivity index (χ2v) is 2.77. The maximum Gasteiger partial charge on any atom is 0.433 e. The maximum atomic E-state index is 12.2. The molecule has 1 heterocycles. The molecule has 3 nitrogen and oxygen atoms in total. The van der Waals surface area contributed by atoms with Crippen molar-refractivity contribution < 1.29 is 18.0 Å². The van der Waals surface area contributed by atoms with Gasteiger partial charge in [-0.15, -0.1) is 0 Å². The van der Waals surface area contributed by atoms with Crippen LogP contribution in [0.15, 0.2) is 24.9 Å². The van der Waals surface area contributed by atoms with Gasteiger partial charge in [-0.3, -0.25) is 9.78 Å². The molecule has 0 aromatic carbocycles. The summed E-state index contributed by atoms with van der Waals surface area (Å²) >= 11 is 0. The first kappa shape index (κ1) is 11.2. The van der Waals surface area contributed by atoms with Crippen LogP contribution in [-0.4, -0.2) is 10.9 Å². The first-order valence-corrected chi connectivity index (χ1v) is 3.84. The van der Waals surface area contributed by atoms with Crippen molar-refractivity contribution in [3.8, 4) is 0 Å². The summed E-state index contributed by atoms with van der Waals surface area (Å²) in [4.78, 5) is 13.8. The van der Waals surface area contributed by atoms with Crippen LogP contribution in [0.1, 0.15) is 11.3 Å². The van der Waals surface area contributed by atoms with Gasteiger partial charge in [-0.2, -0.15) is 13.2 Å². The molecule has 0 bridgehead atoms. The molecule has 0 aliphatic rings. The Kier molecular flexibility index (Phi) is 2.78. The maximum absolute atomic E-state index is 12.2. The number of carbonyl (C=O) groups excluding carboxylic acids is 1. The fraction of sp³-hybridized carbons (Fsp3) is 0.111. The van der Waals surface area contributed by atoms with E-state index in [9.17, 15) is 18.0 Å². The lowest BCUT2D eigenvalue weighted by atomic mass is 10.1. The summed E-state index contributed by atoms with van der Waals surface area (Å²) in [6.07, 6.45) is -3.60. The van der Waals surface area contributed by atoms with E-state index in [1.54, 1.807) is 0 Å². The van der Waals surface area contributed by atoms with Gasteiger partial charge in [0, 0.05) is 11.8 Å². The third-order valence-corrected chi connectivity index (χ3v) is 1.70.